The van der Waals surface area contributed by atoms with Gasteiger partial charge in [0.05, 0.1) is 21.8 Å². The summed E-state index contributed by atoms with van der Waals surface area (Å²) in [5, 5.41) is 1.54. The Hall–Kier alpha value is -1.18. The molecule has 0 aliphatic heterocycles. The fourth-order valence-electron chi connectivity index (χ4n) is 1.62. The summed E-state index contributed by atoms with van der Waals surface area (Å²) in [6.07, 6.45) is 13.4. The Bertz CT molecular complexity index is 542. The minimum atomic E-state index is -1.69. The maximum atomic E-state index is 11.1. The minimum Gasteiger partial charge on any atom is -0.466 e. The summed E-state index contributed by atoms with van der Waals surface area (Å²) in [5.74, 6) is -0.342. The van der Waals surface area contributed by atoms with E-state index < -0.39 is 16.4 Å². The van der Waals surface area contributed by atoms with E-state index in [0.717, 1.165) is 0 Å². The number of allylic oxidation sites excluding steroid dienone is 6. The van der Waals surface area contributed by atoms with Crippen LogP contribution in [0.5, 0.6) is 0 Å². The molecule has 0 aliphatic carbocycles. The molecule has 0 bridgehead atoms. The molecule has 3 nitrogen and oxygen atoms in total. The molecule has 0 aromatic carbocycles. The van der Waals surface area contributed by atoms with Gasteiger partial charge in [-0.3, -0.25) is 0 Å². The van der Waals surface area contributed by atoms with E-state index in [1.165, 1.54) is 18.4 Å². The SMILES string of the molecule is COC(=O)/C=C/C=C/C(=C/C=C/CO[Si](C)(C)C(C)(C)C)[Si](C)(C)C. The lowest BCUT2D eigenvalue weighted by Gasteiger charge is -2.35. The number of carbonyl (C=O) groups excluding carboxylic acids is 1. The van der Waals surface area contributed by atoms with Gasteiger partial charge in [-0.2, -0.15) is 0 Å². The average Bonchev–Trinajstić information content (AvgIpc) is 2.46. The van der Waals surface area contributed by atoms with Crippen molar-refractivity contribution in [3.8, 4) is 0 Å². The molecule has 0 rings (SSSR count). The highest BCUT2D eigenvalue weighted by Crippen LogP contribution is 2.36. The Labute approximate surface area is 156 Å². The number of hydrogen-bond acceptors (Lipinski definition) is 3. The van der Waals surface area contributed by atoms with E-state index in [9.17, 15) is 4.79 Å². The molecular weight excluding hydrogens is 344 g/mol. The molecule has 0 aromatic heterocycles. The van der Waals surface area contributed by atoms with Gasteiger partial charge < -0.3 is 9.16 Å². The molecule has 0 amide bonds. The third kappa shape index (κ3) is 9.77. The molecule has 25 heavy (non-hydrogen) atoms. The van der Waals surface area contributed by atoms with Gasteiger partial charge in [0.15, 0.2) is 8.32 Å². The van der Waals surface area contributed by atoms with Crippen molar-refractivity contribution in [2.24, 2.45) is 0 Å². The highest BCUT2D eigenvalue weighted by molar-refractivity contribution is 6.83. The molecule has 0 atom stereocenters. The Balaban J connectivity index is 4.89. The van der Waals surface area contributed by atoms with E-state index in [4.69, 9.17) is 4.43 Å². The van der Waals surface area contributed by atoms with Crippen molar-refractivity contribution in [1.82, 2.24) is 0 Å². The first-order valence-electron chi connectivity index (χ1n) is 8.75. The number of esters is 1. The monoisotopic (exact) mass is 380 g/mol. The summed E-state index contributed by atoms with van der Waals surface area (Å²) in [6.45, 7) is 18.8. The maximum absolute atomic E-state index is 11.1. The first-order chi connectivity index (χ1) is 11.3. The van der Waals surface area contributed by atoms with Gasteiger partial charge in [0, 0.05) is 6.08 Å². The van der Waals surface area contributed by atoms with Gasteiger partial charge >= 0.3 is 5.97 Å². The van der Waals surface area contributed by atoms with E-state index in [1.807, 2.05) is 6.08 Å². The van der Waals surface area contributed by atoms with Crippen molar-refractivity contribution in [3.63, 3.8) is 0 Å². The van der Waals surface area contributed by atoms with Crippen molar-refractivity contribution in [3.05, 3.63) is 47.7 Å². The molecule has 0 saturated carbocycles. The van der Waals surface area contributed by atoms with Gasteiger partial charge in [0.2, 0.25) is 0 Å². The van der Waals surface area contributed by atoms with E-state index in [-0.39, 0.29) is 11.0 Å². The van der Waals surface area contributed by atoms with Crippen LogP contribution in [0.15, 0.2) is 47.7 Å². The second-order valence-corrected chi connectivity index (χ2v) is 18.5. The zero-order valence-electron chi connectivity index (χ0n) is 17.5. The van der Waals surface area contributed by atoms with Crippen LogP contribution in [0.3, 0.4) is 0 Å². The van der Waals surface area contributed by atoms with Crippen LogP contribution in [0.2, 0.25) is 37.8 Å². The summed E-state index contributed by atoms with van der Waals surface area (Å²) in [4.78, 5) is 11.1. The summed E-state index contributed by atoms with van der Waals surface area (Å²) in [6, 6.07) is 0. The predicted molar refractivity (Wildman–Crippen MR) is 114 cm³/mol. The Morgan fingerprint density at radius 3 is 2.00 bits per heavy atom. The fourth-order valence-corrected chi connectivity index (χ4v) is 3.76. The highest BCUT2D eigenvalue weighted by atomic mass is 28.4. The molecule has 0 aliphatic rings. The molecule has 5 heteroatoms. The van der Waals surface area contributed by atoms with Crippen LogP contribution in [0.4, 0.5) is 0 Å². The third-order valence-electron chi connectivity index (χ3n) is 4.44. The molecule has 0 fully saturated rings. The molecule has 0 radical (unpaired) electrons. The predicted octanol–water partition coefficient (Wildman–Crippen LogP) is 5.65. The van der Waals surface area contributed by atoms with Gasteiger partial charge in [0.1, 0.15) is 0 Å². The maximum Gasteiger partial charge on any atom is 0.330 e. The molecule has 0 saturated heterocycles. The minimum absolute atomic E-state index is 0.231. The molecule has 0 aromatic rings. The molecule has 142 valence electrons. The number of ether oxygens (including phenoxy) is 1. The zero-order valence-corrected chi connectivity index (χ0v) is 19.5. The summed E-state index contributed by atoms with van der Waals surface area (Å²) in [7, 11) is -1.77. The van der Waals surface area contributed by atoms with Crippen molar-refractivity contribution in [2.45, 2.75) is 58.5 Å². The Kier molecular flexibility index (Phi) is 9.61. The van der Waals surface area contributed by atoms with Crippen molar-refractivity contribution in [2.75, 3.05) is 13.7 Å². The van der Waals surface area contributed by atoms with E-state index in [2.05, 4.69) is 82.5 Å². The highest BCUT2D eigenvalue weighted by Gasteiger charge is 2.36. The quantitative estimate of drug-likeness (QED) is 0.236. The average molecular weight is 381 g/mol. The van der Waals surface area contributed by atoms with Gasteiger partial charge in [-0.1, -0.05) is 82.1 Å². The first-order valence-corrected chi connectivity index (χ1v) is 15.2. The van der Waals surface area contributed by atoms with Crippen LogP contribution in [-0.2, 0) is 14.0 Å². The van der Waals surface area contributed by atoms with Gasteiger partial charge in [-0.25, -0.2) is 4.79 Å². The molecule has 0 N–H and O–H groups in total. The second-order valence-electron chi connectivity index (χ2n) is 8.61. The van der Waals surface area contributed by atoms with E-state index in [0.29, 0.717) is 6.61 Å². The third-order valence-corrected chi connectivity index (χ3v) is 11.0. The fraction of sp³-hybridized carbons (Fsp3) is 0.550. The number of methoxy groups -OCH3 is 1. The summed E-state index contributed by atoms with van der Waals surface area (Å²) in [5.41, 5.74) is 0. The van der Waals surface area contributed by atoms with Gasteiger partial charge in [0.25, 0.3) is 0 Å². The van der Waals surface area contributed by atoms with Crippen LogP contribution >= 0.6 is 0 Å². The lowest BCUT2D eigenvalue weighted by molar-refractivity contribution is -0.134. The first kappa shape index (κ1) is 23.8. The van der Waals surface area contributed by atoms with E-state index in [1.54, 1.807) is 6.08 Å². The lowest BCUT2D eigenvalue weighted by Crippen LogP contribution is -2.40. The number of hydrogen-bond donors (Lipinski definition) is 0. The Morgan fingerprint density at radius 2 is 1.52 bits per heavy atom. The normalized spacial score (nSPS) is 14.8. The topological polar surface area (TPSA) is 35.5 Å². The number of rotatable bonds is 8. The van der Waals surface area contributed by atoms with Crippen molar-refractivity contribution < 1.29 is 14.0 Å². The second kappa shape index (κ2) is 10.1. The number of carbonyl (C=O) groups is 1. The van der Waals surface area contributed by atoms with Crippen LogP contribution in [0.25, 0.3) is 0 Å². The standard InChI is InChI=1S/C20H36O3Si2/c1-20(2,3)25(8,9)23-17-13-12-15-18(24(5,6)7)14-10-11-16-19(21)22-4/h10-16H,17H2,1-9H3/b13-12+,14-10+,16-11+,18-15-. The molecule has 0 unspecified atom stereocenters. The summed E-state index contributed by atoms with van der Waals surface area (Å²) >= 11 is 0. The smallest absolute Gasteiger partial charge is 0.330 e. The van der Waals surface area contributed by atoms with Crippen LogP contribution in [0, 0.1) is 0 Å². The lowest BCUT2D eigenvalue weighted by atomic mass is 10.2. The Morgan fingerprint density at radius 1 is 0.960 bits per heavy atom. The molecule has 0 spiro atoms. The zero-order chi connectivity index (χ0) is 19.7. The van der Waals surface area contributed by atoms with Crippen LogP contribution < -0.4 is 0 Å². The van der Waals surface area contributed by atoms with Crippen LogP contribution in [-0.4, -0.2) is 36.1 Å². The van der Waals surface area contributed by atoms with Gasteiger partial charge in [-0.05, 0) is 18.1 Å². The van der Waals surface area contributed by atoms with Crippen molar-refractivity contribution >= 4 is 22.4 Å². The molecular formula is C20H36O3Si2. The van der Waals surface area contributed by atoms with Crippen LogP contribution in [0.1, 0.15) is 20.8 Å². The van der Waals surface area contributed by atoms with Crippen molar-refractivity contribution in [1.29, 1.82) is 0 Å². The summed E-state index contributed by atoms with van der Waals surface area (Å²) < 4.78 is 10.7. The molecule has 0 heterocycles. The largest absolute Gasteiger partial charge is 0.466 e. The van der Waals surface area contributed by atoms with E-state index >= 15 is 0 Å². The van der Waals surface area contributed by atoms with Gasteiger partial charge in [-0.15, -0.1) is 0 Å².